The van der Waals surface area contributed by atoms with Gasteiger partial charge in [0.2, 0.25) is 0 Å². The van der Waals surface area contributed by atoms with Gasteiger partial charge in [0.25, 0.3) is 0 Å². The second kappa shape index (κ2) is 8.01. The van der Waals surface area contributed by atoms with Crippen molar-refractivity contribution < 1.29 is 9.84 Å². The smallest absolute Gasteiger partial charge is 0.0826 e. The number of likely N-dealkylation sites (N-methyl/N-ethyl adjacent to an activating group) is 1. The van der Waals surface area contributed by atoms with Crippen LogP contribution in [0.2, 0.25) is 0 Å². The highest BCUT2D eigenvalue weighted by atomic mass is 16.5. The molecule has 0 aromatic carbocycles. The highest BCUT2D eigenvalue weighted by molar-refractivity contribution is 4.73. The van der Waals surface area contributed by atoms with E-state index in [1.165, 1.54) is 0 Å². The summed E-state index contributed by atoms with van der Waals surface area (Å²) in [5, 5.41) is 12.2. The Hall–Kier alpha value is -0.160. The van der Waals surface area contributed by atoms with E-state index < -0.39 is 0 Å². The van der Waals surface area contributed by atoms with Crippen LogP contribution in [0.25, 0.3) is 0 Å². The molecule has 1 saturated heterocycles. The lowest BCUT2D eigenvalue weighted by atomic mass is 10.1. The molecule has 0 saturated carbocycles. The molecule has 2 N–H and O–H groups in total. The van der Waals surface area contributed by atoms with Crippen LogP contribution in [0.3, 0.4) is 0 Å². The SMILES string of the molecule is CCN1CCOC(CNCC(C)CCO)C1. The monoisotopic (exact) mass is 230 g/mol. The van der Waals surface area contributed by atoms with Gasteiger partial charge >= 0.3 is 0 Å². The number of rotatable bonds is 7. The summed E-state index contributed by atoms with van der Waals surface area (Å²) in [6, 6.07) is 0. The fraction of sp³-hybridized carbons (Fsp3) is 1.00. The van der Waals surface area contributed by atoms with Gasteiger partial charge in [-0.15, -0.1) is 0 Å². The summed E-state index contributed by atoms with van der Waals surface area (Å²) >= 11 is 0. The highest BCUT2D eigenvalue weighted by Gasteiger charge is 2.18. The van der Waals surface area contributed by atoms with Crippen LogP contribution in [0, 0.1) is 5.92 Å². The van der Waals surface area contributed by atoms with E-state index in [4.69, 9.17) is 9.84 Å². The molecule has 1 heterocycles. The van der Waals surface area contributed by atoms with E-state index in [9.17, 15) is 0 Å². The first-order chi connectivity index (χ1) is 7.76. The molecular formula is C12H26N2O2. The largest absolute Gasteiger partial charge is 0.396 e. The Morgan fingerprint density at radius 2 is 2.38 bits per heavy atom. The molecule has 1 aliphatic rings. The van der Waals surface area contributed by atoms with Gasteiger partial charge in [-0.3, -0.25) is 4.90 Å². The molecule has 1 rings (SSSR count). The summed E-state index contributed by atoms with van der Waals surface area (Å²) in [5.74, 6) is 0.538. The van der Waals surface area contributed by atoms with Crippen LogP contribution in [0.4, 0.5) is 0 Å². The number of aliphatic hydroxyl groups excluding tert-OH is 1. The molecule has 2 atom stereocenters. The molecule has 0 radical (unpaired) electrons. The van der Waals surface area contributed by atoms with E-state index in [2.05, 4.69) is 24.1 Å². The van der Waals surface area contributed by atoms with Gasteiger partial charge in [-0.1, -0.05) is 13.8 Å². The predicted molar refractivity (Wildman–Crippen MR) is 65.6 cm³/mol. The number of hydrogen-bond acceptors (Lipinski definition) is 4. The number of hydrogen-bond donors (Lipinski definition) is 2. The van der Waals surface area contributed by atoms with Gasteiger partial charge in [-0.25, -0.2) is 0 Å². The van der Waals surface area contributed by atoms with E-state index in [0.717, 1.165) is 45.8 Å². The Morgan fingerprint density at radius 3 is 3.06 bits per heavy atom. The van der Waals surface area contributed by atoms with Gasteiger partial charge in [0, 0.05) is 26.2 Å². The minimum absolute atomic E-state index is 0.284. The first-order valence-electron chi connectivity index (χ1n) is 6.41. The molecular weight excluding hydrogens is 204 g/mol. The zero-order chi connectivity index (χ0) is 11.8. The number of aliphatic hydroxyl groups is 1. The standard InChI is InChI=1S/C12H26N2O2/c1-3-14-5-7-16-12(10-14)9-13-8-11(2)4-6-15/h11-13,15H,3-10H2,1-2H3. The molecule has 4 nitrogen and oxygen atoms in total. The van der Waals surface area contributed by atoms with Crippen molar-refractivity contribution in [3.8, 4) is 0 Å². The maximum atomic E-state index is 8.79. The average molecular weight is 230 g/mol. The zero-order valence-corrected chi connectivity index (χ0v) is 10.6. The molecule has 96 valence electrons. The Morgan fingerprint density at radius 1 is 1.56 bits per heavy atom. The lowest BCUT2D eigenvalue weighted by molar-refractivity contribution is -0.0255. The molecule has 0 aromatic heterocycles. The van der Waals surface area contributed by atoms with Crippen LogP contribution in [0.1, 0.15) is 20.3 Å². The number of nitrogens with zero attached hydrogens (tertiary/aromatic N) is 1. The van der Waals surface area contributed by atoms with Crippen molar-refractivity contribution in [1.82, 2.24) is 10.2 Å². The summed E-state index contributed by atoms with van der Waals surface area (Å²) in [6.07, 6.45) is 1.20. The van der Waals surface area contributed by atoms with E-state index >= 15 is 0 Å². The van der Waals surface area contributed by atoms with E-state index in [0.29, 0.717) is 12.0 Å². The summed E-state index contributed by atoms with van der Waals surface area (Å²) < 4.78 is 5.70. The molecule has 2 unspecified atom stereocenters. The Bertz CT molecular complexity index is 178. The fourth-order valence-electron chi connectivity index (χ4n) is 2.00. The molecule has 0 spiro atoms. The van der Waals surface area contributed by atoms with Gasteiger partial charge < -0.3 is 15.2 Å². The third kappa shape index (κ3) is 5.25. The van der Waals surface area contributed by atoms with Crippen molar-refractivity contribution in [3.63, 3.8) is 0 Å². The van der Waals surface area contributed by atoms with E-state index in [-0.39, 0.29) is 6.61 Å². The lowest BCUT2D eigenvalue weighted by Gasteiger charge is -2.32. The van der Waals surface area contributed by atoms with Crippen molar-refractivity contribution in [2.24, 2.45) is 5.92 Å². The summed E-state index contributed by atoms with van der Waals surface area (Å²) in [4.78, 5) is 2.42. The van der Waals surface area contributed by atoms with E-state index in [1.54, 1.807) is 0 Å². The van der Waals surface area contributed by atoms with Crippen molar-refractivity contribution in [2.45, 2.75) is 26.4 Å². The third-order valence-electron chi connectivity index (χ3n) is 3.16. The van der Waals surface area contributed by atoms with Gasteiger partial charge in [-0.2, -0.15) is 0 Å². The molecule has 0 bridgehead atoms. The summed E-state index contributed by atoms with van der Waals surface area (Å²) in [7, 11) is 0. The van der Waals surface area contributed by atoms with Crippen LogP contribution < -0.4 is 5.32 Å². The lowest BCUT2D eigenvalue weighted by Crippen LogP contribution is -2.46. The minimum Gasteiger partial charge on any atom is -0.396 e. The second-order valence-electron chi connectivity index (χ2n) is 4.66. The Labute approximate surface area is 99.0 Å². The molecule has 16 heavy (non-hydrogen) atoms. The van der Waals surface area contributed by atoms with Gasteiger partial charge in [-0.05, 0) is 25.4 Å². The predicted octanol–water partition coefficient (Wildman–Crippen LogP) is 0.315. The molecule has 0 aliphatic carbocycles. The Kier molecular flexibility index (Phi) is 6.96. The molecule has 1 fully saturated rings. The van der Waals surface area contributed by atoms with Crippen LogP contribution >= 0.6 is 0 Å². The quantitative estimate of drug-likeness (QED) is 0.661. The first-order valence-corrected chi connectivity index (χ1v) is 6.41. The minimum atomic E-state index is 0.284. The maximum absolute atomic E-state index is 8.79. The first kappa shape index (κ1) is 13.9. The van der Waals surface area contributed by atoms with Crippen LogP contribution in [-0.2, 0) is 4.74 Å². The van der Waals surface area contributed by atoms with Crippen LogP contribution in [-0.4, -0.2) is 62.0 Å². The van der Waals surface area contributed by atoms with Crippen molar-refractivity contribution >= 4 is 0 Å². The second-order valence-corrected chi connectivity index (χ2v) is 4.66. The van der Waals surface area contributed by atoms with Gasteiger partial charge in [0.05, 0.1) is 12.7 Å². The molecule has 1 aliphatic heterocycles. The van der Waals surface area contributed by atoms with Crippen LogP contribution in [0.5, 0.6) is 0 Å². The summed E-state index contributed by atoms with van der Waals surface area (Å²) in [6.45, 7) is 10.6. The van der Waals surface area contributed by atoms with Crippen molar-refractivity contribution in [1.29, 1.82) is 0 Å². The van der Waals surface area contributed by atoms with Gasteiger partial charge in [0.15, 0.2) is 0 Å². The van der Waals surface area contributed by atoms with Gasteiger partial charge in [0.1, 0.15) is 0 Å². The third-order valence-corrected chi connectivity index (χ3v) is 3.16. The number of morpholine rings is 1. The normalized spacial score (nSPS) is 24.6. The maximum Gasteiger partial charge on any atom is 0.0826 e. The molecule has 0 amide bonds. The zero-order valence-electron chi connectivity index (χ0n) is 10.6. The average Bonchev–Trinajstić information content (AvgIpc) is 2.30. The number of nitrogens with one attached hydrogen (secondary N) is 1. The van der Waals surface area contributed by atoms with Crippen molar-refractivity contribution in [2.75, 3.05) is 45.9 Å². The Balaban J connectivity index is 2.08. The molecule has 0 aromatic rings. The number of ether oxygens (including phenoxy) is 1. The summed E-state index contributed by atoms with van der Waals surface area (Å²) in [5.41, 5.74) is 0. The van der Waals surface area contributed by atoms with E-state index in [1.807, 2.05) is 0 Å². The van der Waals surface area contributed by atoms with Crippen LogP contribution in [0.15, 0.2) is 0 Å². The topological polar surface area (TPSA) is 44.7 Å². The fourth-order valence-corrected chi connectivity index (χ4v) is 2.00. The molecule has 4 heteroatoms. The van der Waals surface area contributed by atoms with Crippen molar-refractivity contribution in [3.05, 3.63) is 0 Å². The highest BCUT2D eigenvalue weighted by Crippen LogP contribution is 2.04.